The topological polar surface area (TPSA) is 116 Å². The summed E-state index contributed by atoms with van der Waals surface area (Å²) in [5.41, 5.74) is 0. The second-order valence-electron chi connectivity index (χ2n) is 7.55. The lowest BCUT2D eigenvalue weighted by Crippen LogP contribution is -2.37. The molecule has 27 heavy (non-hydrogen) atoms. The fourth-order valence-electron chi connectivity index (χ4n) is 3.27. The SMILES string of the molecule is O=C(OCC1CO1)C1CC(C(=O)OCC2CO2)CC(C(=O)OC[C@@H]2CO2)C1. The number of rotatable bonds is 9. The van der Waals surface area contributed by atoms with E-state index >= 15 is 0 Å². The average molecular weight is 384 g/mol. The number of hydrogen-bond acceptors (Lipinski definition) is 9. The molecule has 1 saturated carbocycles. The van der Waals surface area contributed by atoms with Crippen LogP contribution in [0, 0.1) is 17.8 Å². The molecule has 4 fully saturated rings. The lowest BCUT2D eigenvalue weighted by atomic mass is 9.75. The highest BCUT2D eigenvalue weighted by molar-refractivity contribution is 5.80. The zero-order valence-corrected chi connectivity index (χ0v) is 15.0. The second kappa shape index (κ2) is 8.12. The lowest BCUT2D eigenvalue weighted by molar-refractivity contribution is -0.161. The van der Waals surface area contributed by atoms with Gasteiger partial charge in [-0.2, -0.15) is 0 Å². The number of ether oxygens (including phenoxy) is 6. The molecule has 0 radical (unpaired) electrons. The van der Waals surface area contributed by atoms with Crippen molar-refractivity contribution < 1.29 is 42.8 Å². The van der Waals surface area contributed by atoms with Gasteiger partial charge >= 0.3 is 17.9 Å². The molecule has 3 heterocycles. The van der Waals surface area contributed by atoms with Crippen molar-refractivity contribution in [3.8, 4) is 0 Å². The molecular formula is C18H24O9. The highest BCUT2D eigenvalue weighted by Gasteiger charge is 2.42. The molecular weight excluding hydrogens is 360 g/mol. The van der Waals surface area contributed by atoms with Gasteiger partial charge in [0.25, 0.3) is 0 Å². The molecule has 1 aliphatic carbocycles. The molecule has 0 bridgehead atoms. The maximum atomic E-state index is 12.4. The third kappa shape index (κ3) is 5.63. The van der Waals surface area contributed by atoms with Crippen LogP contribution in [0.25, 0.3) is 0 Å². The van der Waals surface area contributed by atoms with Crippen LogP contribution in [0.5, 0.6) is 0 Å². The van der Waals surface area contributed by atoms with Crippen LogP contribution in [0.2, 0.25) is 0 Å². The van der Waals surface area contributed by atoms with E-state index in [-0.39, 0.29) is 38.1 Å². The molecule has 4 aliphatic rings. The first-order valence-corrected chi connectivity index (χ1v) is 9.43. The van der Waals surface area contributed by atoms with Gasteiger partial charge < -0.3 is 28.4 Å². The van der Waals surface area contributed by atoms with Crippen LogP contribution < -0.4 is 0 Å². The van der Waals surface area contributed by atoms with E-state index in [4.69, 9.17) is 28.4 Å². The first-order chi connectivity index (χ1) is 13.1. The Morgan fingerprint density at radius 3 is 1.07 bits per heavy atom. The van der Waals surface area contributed by atoms with Gasteiger partial charge in [0.1, 0.15) is 38.1 Å². The van der Waals surface area contributed by atoms with E-state index in [0.29, 0.717) is 39.1 Å². The highest BCUT2D eigenvalue weighted by atomic mass is 16.6. The summed E-state index contributed by atoms with van der Waals surface area (Å²) >= 11 is 0. The van der Waals surface area contributed by atoms with Crippen molar-refractivity contribution in [2.24, 2.45) is 17.8 Å². The molecule has 0 aromatic heterocycles. The van der Waals surface area contributed by atoms with Crippen LogP contribution in [0.4, 0.5) is 0 Å². The minimum atomic E-state index is -0.540. The van der Waals surface area contributed by atoms with Gasteiger partial charge in [0.2, 0.25) is 0 Å². The van der Waals surface area contributed by atoms with Gasteiger partial charge in [-0.15, -0.1) is 0 Å². The Kier molecular flexibility index (Phi) is 5.60. The molecule has 0 aromatic rings. The molecule has 4 rings (SSSR count). The van der Waals surface area contributed by atoms with Crippen LogP contribution in [-0.2, 0) is 42.8 Å². The fraction of sp³-hybridized carbons (Fsp3) is 0.833. The summed E-state index contributed by atoms with van der Waals surface area (Å²) in [4.78, 5) is 37.2. The van der Waals surface area contributed by atoms with Crippen molar-refractivity contribution in [2.75, 3.05) is 39.6 Å². The predicted molar refractivity (Wildman–Crippen MR) is 86.4 cm³/mol. The van der Waals surface area contributed by atoms with Crippen LogP contribution >= 0.6 is 0 Å². The molecule has 150 valence electrons. The van der Waals surface area contributed by atoms with Crippen molar-refractivity contribution in [1.82, 2.24) is 0 Å². The van der Waals surface area contributed by atoms with Gasteiger partial charge in [-0.25, -0.2) is 0 Å². The van der Waals surface area contributed by atoms with Gasteiger partial charge in [0.05, 0.1) is 37.6 Å². The van der Waals surface area contributed by atoms with Crippen molar-refractivity contribution in [2.45, 2.75) is 37.6 Å². The number of esters is 3. The van der Waals surface area contributed by atoms with Crippen LogP contribution in [0.1, 0.15) is 19.3 Å². The molecule has 4 unspecified atom stereocenters. The third-order valence-corrected chi connectivity index (χ3v) is 5.15. The summed E-state index contributed by atoms with van der Waals surface area (Å²) in [6.45, 7) is 2.39. The molecule has 0 N–H and O–H groups in total. The molecule has 9 nitrogen and oxygen atoms in total. The van der Waals surface area contributed by atoms with Crippen LogP contribution in [0.3, 0.4) is 0 Å². The first-order valence-electron chi connectivity index (χ1n) is 9.43. The lowest BCUT2D eigenvalue weighted by Gasteiger charge is -2.31. The van der Waals surface area contributed by atoms with E-state index in [1.165, 1.54) is 0 Å². The molecule has 0 aromatic carbocycles. The van der Waals surface area contributed by atoms with Gasteiger partial charge in [-0.1, -0.05) is 0 Å². The maximum Gasteiger partial charge on any atom is 0.309 e. The van der Waals surface area contributed by atoms with Crippen molar-refractivity contribution >= 4 is 17.9 Å². The maximum absolute atomic E-state index is 12.4. The minimum Gasteiger partial charge on any atom is -0.463 e. The van der Waals surface area contributed by atoms with E-state index in [0.717, 1.165) is 0 Å². The predicted octanol–water partition coefficient (Wildman–Crippen LogP) is -0.155. The minimum absolute atomic E-state index is 0.0313. The Morgan fingerprint density at radius 1 is 0.593 bits per heavy atom. The summed E-state index contributed by atoms with van der Waals surface area (Å²) in [5, 5.41) is 0. The Balaban J connectivity index is 1.33. The van der Waals surface area contributed by atoms with Crippen molar-refractivity contribution in [1.29, 1.82) is 0 Å². The molecule has 9 heteroatoms. The standard InChI is InChI=1S/C18H24O9/c19-16(25-7-13-4-22-13)10-1-11(17(20)26-8-14-5-23-14)3-12(2-10)18(21)27-9-15-6-24-15/h10-15H,1-9H2/t10?,11?,12?,13-,14?,15?/m0/s1. The van der Waals surface area contributed by atoms with Crippen molar-refractivity contribution in [3.63, 3.8) is 0 Å². The second-order valence-corrected chi connectivity index (χ2v) is 7.55. The van der Waals surface area contributed by atoms with E-state index in [2.05, 4.69) is 0 Å². The summed E-state index contributed by atoms with van der Waals surface area (Å²) in [5.74, 6) is -2.84. The van der Waals surface area contributed by atoms with E-state index in [1.807, 2.05) is 0 Å². The average Bonchev–Trinajstić information content (AvgIpc) is 3.54. The van der Waals surface area contributed by atoms with Crippen LogP contribution in [0.15, 0.2) is 0 Å². The largest absolute Gasteiger partial charge is 0.463 e. The fourth-order valence-corrected chi connectivity index (χ4v) is 3.27. The summed E-state index contributed by atoms with van der Waals surface area (Å²) < 4.78 is 30.9. The molecule has 0 spiro atoms. The molecule has 0 amide bonds. The van der Waals surface area contributed by atoms with Crippen LogP contribution in [-0.4, -0.2) is 75.9 Å². The normalized spacial score (nSPS) is 36.4. The zero-order chi connectivity index (χ0) is 18.8. The van der Waals surface area contributed by atoms with Gasteiger partial charge in [-0.05, 0) is 19.3 Å². The van der Waals surface area contributed by atoms with Gasteiger partial charge in [0.15, 0.2) is 0 Å². The summed E-state index contributed by atoms with van der Waals surface area (Å²) in [6, 6.07) is 0. The summed E-state index contributed by atoms with van der Waals surface area (Å²) in [7, 11) is 0. The number of carbonyl (C=O) groups is 3. The van der Waals surface area contributed by atoms with E-state index in [1.54, 1.807) is 0 Å². The number of carbonyl (C=O) groups excluding carboxylic acids is 3. The third-order valence-electron chi connectivity index (χ3n) is 5.15. The first kappa shape index (κ1) is 18.6. The van der Waals surface area contributed by atoms with E-state index in [9.17, 15) is 14.4 Å². The van der Waals surface area contributed by atoms with Gasteiger partial charge in [0, 0.05) is 0 Å². The Labute approximate surface area is 156 Å². The van der Waals surface area contributed by atoms with Gasteiger partial charge in [-0.3, -0.25) is 14.4 Å². The highest BCUT2D eigenvalue weighted by Crippen LogP contribution is 2.36. The Hall–Kier alpha value is -1.71. The monoisotopic (exact) mass is 384 g/mol. The smallest absolute Gasteiger partial charge is 0.309 e. The van der Waals surface area contributed by atoms with E-state index < -0.39 is 35.7 Å². The molecule has 3 aliphatic heterocycles. The zero-order valence-electron chi connectivity index (χ0n) is 15.0. The molecule has 5 atom stereocenters. The number of epoxide rings is 3. The van der Waals surface area contributed by atoms with Crippen molar-refractivity contribution in [3.05, 3.63) is 0 Å². The molecule has 3 saturated heterocycles. The Morgan fingerprint density at radius 2 is 0.852 bits per heavy atom. The summed E-state index contributed by atoms with van der Waals surface area (Å²) in [6.07, 6.45) is 0.835. The Bertz CT molecular complexity index is 493. The quantitative estimate of drug-likeness (QED) is 0.304. The number of hydrogen-bond donors (Lipinski definition) is 0.